The Morgan fingerprint density at radius 2 is 2.14 bits per heavy atom. The minimum absolute atomic E-state index is 0.0279. The number of alkyl halides is 3. The lowest BCUT2D eigenvalue weighted by Crippen LogP contribution is -2.30. The van der Waals surface area contributed by atoms with E-state index in [9.17, 15) is 23.1 Å². The van der Waals surface area contributed by atoms with Crippen LogP contribution in [0.2, 0.25) is 0 Å². The van der Waals surface area contributed by atoms with E-state index in [1.165, 1.54) is 18.3 Å². The molecule has 0 fully saturated rings. The number of pyridine rings is 1. The molecule has 0 aliphatic rings. The summed E-state index contributed by atoms with van der Waals surface area (Å²) in [7, 11) is 0. The van der Waals surface area contributed by atoms with Crippen molar-refractivity contribution in [2.75, 3.05) is 13.2 Å². The number of carbonyl (C=O) groups excluding carboxylic acids is 1. The van der Waals surface area contributed by atoms with E-state index in [4.69, 9.17) is 0 Å². The van der Waals surface area contributed by atoms with Crippen LogP contribution in [0.15, 0.2) is 18.3 Å². The standard InChI is InChI=1S/C14H19F3N2O3/c1-9(6-10(2)20)7-19-12(21)11-4-3-5-18-13(11)22-8-14(15,16)17/h3-5,9-10,20H,6-8H2,1-2H3,(H,19,21). The molecule has 8 heteroatoms. The Hall–Kier alpha value is -1.83. The van der Waals surface area contributed by atoms with Crippen molar-refractivity contribution in [2.45, 2.75) is 32.5 Å². The Labute approximate surface area is 126 Å². The second-order valence-electron chi connectivity index (χ2n) is 5.16. The number of hydrogen-bond acceptors (Lipinski definition) is 4. The van der Waals surface area contributed by atoms with Crippen molar-refractivity contribution in [1.29, 1.82) is 0 Å². The summed E-state index contributed by atoms with van der Waals surface area (Å²) in [6.45, 7) is 2.26. The van der Waals surface area contributed by atoms with Gasteiger partial charge in [0.05, 0.1) is 6.10 Å². The molecule has 0 saturated carbocycles. The first-order chi connectivity index (χ1) is 10.2. The third-order valence-corrected chi connectivity index (χ3v) is 2.74. The fraction of sp³-hybridized carbons (Fsp3) is 0.571. The predicted octanol–water partition coefficient (Wildman–Crippen LogP) is 2.16. The van der Waals surface area contributed by atoms with Crippen LogP contribution in [-0.4, -0.2) is 41.4 Å². The molecule has 2 unspecified atom stereocenters. The zero-order valence-electron chi connectivity index (χ0n) is 12.4. The first kappa shape index (κ1) is 18.2. The fourth-order valence-electron chi connectivity index (χ4n) is 1.86. The second-order valence-corrected chi connectivity index (χ2v) is 5.16. The molecule has 0 aromatic carbocycles. The number of aliphatic hydroxyl groups excluding tert-OH is 1. The van der Waals surface area contributed by atoms with Crippen molar-refractivity contribution in [1.82, 2.24) is 10.3 Å². The maximum atomic E-state index is 12.2. The summed E-state index contributed by atoms with van der Waals surface area (Å²) in [5.41, 5.74) is -0.0593. The molecular formula is C14H19F3N2O3. The minimum Gasteiger partial charge on any atom is -0.467 e. The lowest BCUT2D eigenvalue weighted by molar-refractivity contribution is -0.154. The van der Waals surface area contributed by atoms with Crippen molar-refractivity contribution in [2.24, 2.45) is 5.92 Å². The van der Waals surface area contributed by atoms with Crippen molar-refractivity contribution in [3.63, 3.8) is 0 Å². The first-order valence-electron chi connectivity index (χ1n) is 6.80. The Morgan fingerprint density at radius 3 is 2.73 bits per heavy atom. The lowest BCUT2D eigenvalue weighted by atomic mass is 10.0. The molecule has 1 heterocycles. The number of nitrogens with one attached hydrogen (secondary N) is 1. The highest BCUT2D eigenvalue weighted by Gasteiger charge is 2.29. The average Bonchev–Trinajstić information content (AvgIpc) is 2.41. The van der Waals surface area contributed by atoms with Gasteiger partial charge < -0.3 is 15.2 Å². The number of rotatable bonds is 7. The van der Waals surface area contributed by atoms with E-state index in [1.54, 1.807) is 6.92 Å². The van der Waals surface area contributed by atoms with Crippen LogP contribution < -0.4 is 10.1 Å². The number of nitrogens with zero attached hydrogens (tertiary/aromatic N) is 1. The van der Waals surface area contributed by atoms with Crippen LogP contribution in [0.4, 0.5) is 13.2 Å². The Morgan fingerprint density at radius 1 is 1.45 bits per heavy atom. The molecule has 0 bridgehead atoms. The summed E-state index contributed by atoms with van der Waals surface area (Å²) >= 11 is 0. The van der Waals surface area contributed by atoms with Crippen LogP contribution in [0.3, 0.4) is 0 Å². The third kappa shape index (κ3) is 6.75. The van der Waals surface area contributed by atoms with Crippen molar-refractivity contribution < 1.29 is 27.8 Å². The molecule has 0 radical (unpaired) electrons. The average molecular weight is 320 g/mol. The van der Waals surface area contributed by atoms with Gasteiger partial charge in [0.1, 0.15) is 5.56 Å². The van der Waals surface area contributed by atoms with Gasteiger partial charge in [0.2, 0.25) is 5.88 Å². The van der Waals surface area contributed by atoms with E-state index in [1.807, 2.05) is 6.92 Å². The summed E-state index contributed by atoms with van der Waals surface area (Å²) in [5.74, 6) is -0.900. The van der Waals surface area contributed by atoms with Crippen LogP contribution in [0.25, 0.3) is 0 Å². The molecule has 0 aliphatic carbocycles. The number of ether oxygens (including phenoxy) is 1. The van der Waals surface area contributed by atoms with E-state index in [0.717, 1.165) is 0 Å². The van der Waals surface area contributed by atoms with E-state index < -0.39 is 24.8 Å². The van der Waals surface area contributed by atoms with Crippen LogP contribution in [0.1, 0.15) is 30.6 Å². The van der Waals surface area contributed by atoms with Gasteiger partial charge in [-0.3, -0.25) is 4.79 Å². The smallest absolute Gasteiger partial charge is 0.422 e. The van der Waals surface area contributed by atoms with Gasteiger partial charge in [-0.25, -0.2) is 4.98 Å². The molecule has 22 heavy (non-hydrogen) atoms. The molecule has 0 saturated heterocycles. The molecule has 0 spiro atoms. The summed E-state index contributed by atoms with van der Waals surface area (Å²) in [5, 5.41) is 11.8. The molecule has 2 N–H and O–H groups in total. The van der Waals surface area contributed by atoms with Gasteiger partial charge in [0, 0.05) is 12.7 Å². The zero-order chi connectivity index (χ0) is 16.8. The molecular weight excluding hydrogens is 301 g/mol. The molecule has 0 aliphatic heterocycles. The second kappa shape index (κ2) is 7.98. The number of halogens is 3. The Bertz CT molecular complexity index is 492. The van der Waals surface area contributed by atoms with Crippen LogP contribution in [-0.2, 0) is 0 Å². The third-order valence-electron chi connectivity index (χ3n) is 2.74. The molecule has 1 amide bonds. The molecule has 1 rings (SSSR count). The predicted molar refractivity (Wildman–Crippen MR) is 73.6 cm³/mol. The number of carbonyl (C=O) groups is 1. The first-order valence-corrected chi connectivity index (χ1v) is 6.80. The van der Waals surface area contributed by atoms with Gasteiger partial charge in [-0.05, 0) is 31.4 Å². The molecule has 1 aromatic heterocycles. The SMILES string of the molecule is CC(O)CC(C)CNC(=O)c1cccnc1OCC(F)(F)F. The highest BCUT2D eigenvalue weighted by molar-refractivity contribution is 5.96. The lowest BCUT2D eigenvalue weighted by Gasteiger charge is -2.15. The Balaban J connectivity index is 2.65. The normalized spacial score (nSPS) is 14.3. The van der Waals surface area contributed by atoms with Crippen LogP contribution in [0.5, 0.6) is 5.88 Å². The number of amides is 1. The van der Waals surface area contributed by atoms with Gasteiger partial charge in [0.15, 0.2) is 6.61 Å². The zero-order valence-corrected chi connectivity index (χ0v) is 12.4. The fourth-order valence-corrected chi connectivity index (χ4v) is 1.86. The molecule has 2 atom stereocenters. The largest absolute Gasteiger partial charge is 0.467 e. The van der Waals surface area contributed by atoms with Crippen LogP contribution >= 0.6 is 0 Å². The minimum atomic E-state index is -4.50. The number of aromatic nitrogens is 1. The van der Waals surface area contributed by atoms with E-state index in [0.29, 0.717) is 6.42 Å². The quantitative estimate of drug-likeness (QED) is 0.807. The van der Waals surface area contributed by atoms with E-state index in [-0.39, 0.29) is 23.9 Å². The highest BCUT2D eigenvalue weighted by atomic mass is 19.4. The van der Waals surface area contributed by atoms with Crippen molar-refractivity contribution >= 4 is 5.91 Å². The number of aliphatic hydroxyl groups is 1. The summed E-state index contributed by atoms with van der Waals surface area (Å²) < 4.78 is 41.1. The summed E-state index contributed by atoms with van der Waals surface area (Å²) in [6, 6.07) is 2.78. The van der Waals surface area contributed by atoms with Gasteiger partial charge in [-0.1, -0.05) is 6.92 Å². The monoisotopic (exact) mass is 320 g/mol. The van der Waals surface area contributed by atoms with Gasteiger partial charge in [-0.2, -0.15) is 13.2 Å². The highest BCUT2D eigenvalue weighted by Crippen LogP contribution is 2.20. The van der Waals surface area contributed by atoms with E-state index in [2.05, 4.69) is 15.0 Å². The number of hydrogen-bond donors (Lipinski definition) is 2. The van der Waals surface area contributed by atoms with E-state index >= 15 is 0 Å². The Kier molecular flexibility index (Phi) is 6.61. The maximum absolute atomic E-state index is 12.2. The van der Waals surface area contributed by atoms with Gasteiger partial charge in [-0.15, -0.1) is 0 Å². The van der Waals surface area contributed by atoms with Crippen LogP contribution in [0, 0.1) is 5.92 Å². The van der Waals surface area contributed by atoms with Gasteiger partial charge >= 0.3 is 6.18 Å². The summed E-state index contributed by atoms with van der Waals surface area (Å²) in [6.07, 6.45) is -3.24. The van der Waals surface area contributed by atoms with Crippen molar-refractivity contribution in [3.8, 4) is 5.88 Å². The maximum Gasteiger partial charge on any atom is 0.422 e. The molecule has 124 valence electrons. The summed E-state index contributed by atoms with van der Waals surface area (Å²) in [4.78, 5) is 15.7. The molecule has 5 nitrogen and oxygen atoms in total. The van der Waals surface area contributed by atoms with Crippen molar-refractivity contribution in [3.05, 3.63) is 23.9 Å². The van der Waals surface area contributed by atoms with Gasteiger partial charge in [0.25, 0.3) is 5.91 Å². The molecule has 1 aromatic rings. The topological polar surface area (TPSA) is 71.5 Å².